The van der Waals surface area contributed by atoms with E-state index in [2.05, 4.69) is 5.32 Å². The molecule has 0 radical (unpaired) electrons. The Morgan fingerprint density at radius 2 is 1.88 bits per heavy atom. The Balaban J connectivity index is 1.81. The second-order valence-electron chi connectivity index (χ2n) is 10.7. The average molecular weight is 553 g/mol. The lowest BCUT2D eigenvalue weighted by Gasteiger charge is -2.31. The molecule has 4 rings (SSSR count). The highest BCUT2D eigenvalue weighted by Crippen LogP contribution is 2.44. The van der Waals surface area contributed by atoms with E-state index >= 15 is 0 Å². The van der Waals surface area contributed by atoms with Crippen molar-refractivity contribution in [2.24, 2.45) is 0 Å². The number of rotatable bonds is 7. The van der Waals surface area contributed by atoms with Crippen LogP contribution >= 0.6 is 0 Å². The monoisotopic (exact) mass is 552 g/mol. The summed E-state index contributed by atoms with van der Waals surface area (Å²) in [4.78, 5) is 12.5. The molecule has 1 amide bonds. The van der Waals surface area contributed by atoms with Crippen LogP contribution in [-0.4, -0.2) is 41.2 Å². The molecule has 10 heteroatoms. The van der Waals surface area contributed by atoms with E-state index in [1.807, 2.05) is 33.8 Å². The van der Waals surface area contributed by atoms with Crippen molar-refractivity contribution in [1.82, 2.24) is 15.1 Å². The van der Waals surface area contributed by atoms with Crippen molar-refractivity contribution in [1.29, 1.82) is 5.26 Å². The van der Waals surface area contributed by atoms with Crippen LogP contribution in [0, 0.1) is 23.0 Å². The quantitative estimate of drug-likeness (QED) is 0.347. The molecule has 1 saturated carbocycles. The third-order valence-corrected chi connectivity index (χ3v) is 6.66. The summed E-state index contributed by atoms with van der Waals surface area (Å²) in [7, 11) is 1.39. The Bertz CT molecular complexity index is 1420. The first-order chi connectivity index (χ1) is 19.0. The normalized spacial score (nSPS) is 17.1. The van der Waals surface area contributed by atoms with E-state index < -0.39 is 23.3 Å². The van der Waals surface area contributed by atoms with Crippen LogP contribution in [0.4, 0.5) is 13.6 Å². The van der Waals surface area contributed by atoms with Crippen LogP contribution in [0.1, 0.15) is 65.0 Å². The number of halogens is 2. The first-order valence-corrected chi connectivity index (χ1v) is 13.3. The summed E-state index contributed by atoms with van der Waals surface area (Å²) in [6.07, 6.45) is 2.46. The van der Waals surface area contributed by atoms with Gasteiger partial charge in [-0.1, -0.05) is 12.1 Å². The third kappa shape index (κ3) is 6.36. The van der Waals surface area contributed by atoms with E-state index in [0.29, 0.717) is 41.3 Å². The highest BCUT2D eigenvalue weighted by atomic mass is 19.1. The molecule has 1 fully saturated rings. The fraction of sp³-hybridized carbons (Fsp3) is 0.433. The molecule has 1 aliphatic rings. The molecule has 2 aromatic carbocycles. The number of hydrogen-bond donors (Lipinski definition) is 1. The van der Waals surface area contributed by atoms with Gasteiger partial charge in [-0.3, -0.25) is 0 Å². The van der Waals surface area contributed by atoms with Crippen LogP contribution in [0.15, 0.2) is 36.4 Å². The molecule has 8 nitrogen and oxygen atoms in total. The maximum absolute atomic E-state index is 14.9. The molecule has 0 saturated heterocycles. The predicted molar refractivity (Wildman–Crippen MR) is 146 cm³/mol. The van der Waals surface area contributed by atoms with Gasteiger partial charge in [-0.15, -0.1) is 0 Å². The van der Waals surface area contributed by atoms with Crippen molar-refractivity contribution in [2.45, 2.75) is 71.1 Å². The fourth-order valence-electron chi connectivity index (χ4n) is 4.97. The summed E-state index contributed by atoms with van der Waals surface area (Å²) < 4.78 is 48.0. The lowest BCUT2D eigenvalue weighted by atomic mass is 9.91. The number of nitrogens with one attached hydrogen (secondary N) is 1. The molecule has 0 spiro atoms. The molecule has 1 N–H and O–H groups in total. The molecule has 3 aromatic rings. The maximum atomic E-state index is 14.9. The first kappa shape index (κ1) is 28.9. The van der Waals surface area contributed by atoms with E-state index in [0.717, 1.165) is 19.3 Å². The molecule has 2 unspecified atom stereocenters. The van der Waals surface area contributed by atoms with E-state index in [1.54, 1.807) is 16.8 Å². The van der Waals surface area contributed by atoms with Crippen LogP contribution in [0.3, 0.4) is 0 Å². The van der Waals surface area contributed by atoms with Gasteiger partial charge >= 0.3 is 6.09 Å². The summed E-state index contributed by atoms with van der Waals surface area (Å²) in [6.45, 7) is 7.58. The number of benzene rings is 2. The van der Waals surface area contributed by atoms with E-state index in [9.17, 15) is 18.8 Å². The van der Waals surface area contributed by atoms with Gasteiger partial charge in [0.1, 0.15) is 23.2 Å². The number of nitriles is 1. The second kappa shape index (κ2) is 11.9. The SMILES string of the molecule is CCOc1c(-c2ccc(OC)c(F)c2)c(-c2ccc(C#N)c(F)c2)nn1C1CCCC(NC(=O)OC(C)(C)C)C1. The standard InChI is InChI=1S/C30H34F2N4O4/c1-6-39-28-26(18-12-13-25(38-5)24(32)14-18)27(19-10-11-20(17-33)23(31)15-19)35-36(28)22-9-7-8-21(16-22)34-29(37)40-30(2,3)4/h10-15,21-22H,6-9,16H2,1-5H3,(H,34,37). The Morgan fingerprint density at radius 3 is 2.50 bits per heavy atom. The Labute approximate surface area is 232 Å². The van der Waals surface area contributed by atoms with Crippen molar-refractivity contribution in [3.05, 3.63) is 53.6 Å². The Morgan fingerprint density at radius 1 is 1.15 bits per heavy atom. The van der Waals surface area contributed by atoms with Gasteiger partial charge in [0.15, 0.2) is 11.6 Å². The lowest BCUT2D eigenvalue weighted by molar-refractivity contribution is 0.0484. The summed E-state index contributed by atoms with van der Waals surface area (Å²) in [5, 5.41) is 17.1. The number of ether oxygens (including phenoxy) is 3. The van der Waals surface area contributed by atoms with Crippen LogP contribution in [0.5, 0.6) is 11.6 Å². The third-order valence-electron chi connectivity index (χ3n) is 6.66. The first-order valence-electron chi connectivity index (χ1n) is 13.3. The van der Waals surface area contributed by atoms with Gasteiger partial charge < -0.3 is 19.5 Å². The van der Waals surface area contributed by atoms with Gasteiger partial charge in [0.05, 0.1) is 30.9 Å². The fourth-order valence-corrected chi connectivity index (χ4v) is 4.97. The van der Waals surface area contributed by atoms with Crippen molar-refractivity contribution >= 4 is 6.09 Å². The molecule has 2 atom stereocenters. The number of aromatic nitrogens is 2. The topological polar surface area (TPSA) is 98.4 Å². The second-order valence-corrected chi connectivity index (χ2v) is 10.7. The molecule has 1 aromatic heterocycles. The van der Waals surface area contributed by atoms with Gasteiger partial charge in [0, 0.05) is 11.6 Å². The summed E-state index contributed by atoms with van der Waals surface area (Å²) in [5.74, 6) is -0.747. The van der Waals surface area contributed by atoms with Crippen LogP contribution in [0.25, 0.3) is 22.4 Å². The minimum absolute atomic E-state index is 0.0865. The number of alkyl carbamates (subject to hydrolysis) is 1. The minimum atomic E-state index is -0.682. The van der Waals surface area contributed by atoms with E-state index in [1.165, 1.54) is 31.4 Å². The molecular formula is C30H34F2N4O4. The molecule has 1 heterocycles. The largest absolute Gasteiger partial charge is 0.494 e. The van der Waals surface area contributed by atoms with Gasteiger partial charge in [0.2, 0.25) is 5.88 Å². The highest BCUT2D eigenvalue weighted by molar-refractivity contribution is 5.85. The zero-order valence-corrected chi connectivity index (χ0v) is 23.4. The number of amides is 1. The molecule has 1 aliphatic carbocycles. The van der Waals surface area contributed by atoms with Crippen molar-refractivity contribution in [2.75, 3.05) is 13.7 Å². The summed E-state index contributed by atoms with van der Waals surface area (Å²) >= 11 is 0. The Kier molecular flexibility index (Phi) is 8.62. The van der Waals surface area contributed by atoms with Crippen molar-refractivity contribution in [3.63, 3.8) is 0 Å². The summed E-state index contributed by atoms with van der Waals surface area (Å²) in [5.41, 5.74) is 1.08. The van der Waals surface area contributed by atoms with Gasteiger partial charge in [0.25, 0.3) is 0 Å². The minimum Gasteiger partial charge on any atom is -0.494 e. The maximum Gasteiger partial charge on any atom is 0.407 e. The number of carbonyl (C=O) groups is 1. The number of methoxy groups -OCH3 is 1. The zero-order chi connectivity index (χ0) is 29.0. The molecule has 212 valence electrons. The average Bonchev–Trinajstić information content (AvgIpc) is 3.27. The van der Waals surface area contributed by atoms with Gasteiger partial charge in [-0.05, 0) is 83.2 Å². The number of nitrogens with zero attached hydrogens (tertiary/aromatic N) is 3. The number of carbonyl (C=O) groups excluding carboxylic acids is 1. The molecular weight excluding hydrogens is 518 g/mol. The Hall–Kier alpha value is -4.13. The summed E-state index contributed by atoms with van der Waals surface area (Å²) in [6, 6.07) is 10.3. The zero-order valence-electron chi connectivity index (χ0n) is 23.4. The highest BCUT2D eigenvalue weighted by Gasteiger charge is 2.32. The van der Waals surface area contributed by atoms with Crippen molar-refractivity contribution < 1.29 is 27.8 Å². The van der Waals surface area contributed by atoms with Crippen molar-refractivity contribution in [3.8, 4) is 40.1 Å². The van der Waals surface area contributed by atoms with Gasteiger partial charge in [-0.2, -0.15) is 10.4 Å². The smallest absolute Gasteiger partial charge is 0.407 e. The lowest BCUT2D eigenvalue weighted by Crippen LogP contribution is -2.41. The van der Waals surface area contributed by atoms with E-state index in [4.69, 9.17) is 19.3 Å². The van der Waals surface area contributed by atoms with Crippen LogP contribution < -0.4 is 14.8 Å². The van der Waals surface area contributed by atoms with Crippen LogP contribution in [-0.2, 0) is 4.74 Å². The predicted octanol–water partition coefficient (Wildman–Crippen LogP) is 6.78. The van der Waals surface area contributed by atoms with Crippen LogP contribution in [0.2, 0.25) is 0 Å². The van der Waals surface area contributed by atoms with E-state index in [-0.39, 0.29) is 23.4 Å². The number of hydrogen-bond acceptors (Lipinski definition) is 6. The van der Waals surface area contributed by atoms with Gasteiger partial charge in [-0.25, -0.2) is 18.3 Å². The molecule has 0 bridgehead atoms. The molecule has 0 aliphatic heterocycles. The molecule has 40 heavy (non-hydrogen) atoms.